The van der Waals surface area contributed by atoms with Crippen LogP contribution in [-0.2, 0) is 0 Å². The van der Waals surface area contributed by atoms with E-state index in [1.165, 1.54) is 0 Å². The van der Waals surface area contributed by atoms with Crippen LogP contribution in [0.3, 0.4) is 0 Å². The molecule has 7 aromatic rings. The van der Waals surface area contributed by atoms with Crippen molar-refractivity contribution in [3.05, 3.63) is 114 Å². The second-order valence-electron chi connectivity index (χ2n) is 9.51. The fraction of sp³-hybridized carbons (Fsp3) is 0. The van der Waals surface area contributed by atoms with Gasteiger partial charge in [0, 0.05) is 21.7 Å². The van der Waals surface area contributed by atoms with E-state index in [9.17, 15) is 14.0 Å². The first-order valence-electron chi connectivity index (χ1n) is 12.5. The molecule has 41 heavy (non-hydrogen) atoms. The molecule has 0 aliphatic carbocycles. The third kappa shape index (κ3) is 4.06. The number of rotatable bonds is 3. The van der Waals surface area contributed by atoms with Gasteiger partial charge in [0.1, 0.15) is 22.7 Å². The molecule has 0 atom stereocenters. The molecule has 5 nitrogen and oxygen atoms in total. The maximum absolute atomic E-state index is 14.7. The third-order valence-corrected chi connectivity index (χ3v) is 7.67. The summed E-state index contributed by atoms with van der Waals surface area (Å²) in [4.78, 5) is 5.06. The lowest BCUT2D eigenvalue weighted by atomic mass is 9.95. The standard InChI is InChI=1S/C33H15F2N5S/c34-26-13-19(17-37)14-27(35)30(26)20-4-6-21(7-5-20)32-25-10-11-28-33(40-41-39-28)31(25)24-9-8-23(15-29(24)38-32)22-3-1-2-18(12-22)16-36/h1-15H. The van der Waals surface area contributed by atoms with Gasteiger partial charge in [-0.3, -0.25) is 0 Å². The van der Waals surface area contributed by atoms with E-state index in [1.807, 2.05) is 48.5 Å². The molecule has 0 saturated carbocycles. The number of hydrogen-bond donors (Lipinski definition) is 0. The average molecular weight is 552 g/mol. The van der Waals surface area contributed by atoms with Gasteiger partial charge in [-0.2, -0.15) is 19.3 Å². The SMILES string of the molecule is N#Cc1cccc(-c2ccc3c(c2)nc(-c2ccc(-c4c(F)cc(C#N)cc4F)cc2)c2ccc4nsnc4c23)c1. The molecule has 192 valence electrons. The molecular weight excluding hydrogens is 536 g/mol. The van der Waals surface area contributed by atoms with Gasteiger partial charge in [0.2, 0.25) is 0 Å². The molecule has 0 aliphatic rings. The Morgan fingerprint density at radius 2 is 1.29 bits per heavy atom. The number of nitriles is 2. The van der Waals surface area contributed by atoms with Crippen LogP contribution in [0.1, 0.15) is 11.1 Å². The highest BCUT2D eigenvalue weighted by Crippen LogP contribution is 2.38. The van der Waals surface area contributed by atoms with Crippen molar-refractivity contribution in [1.82, 2.24) is 13.7 Å². The van der Waals surface area contributed by atoms with Crippen LogP contribution in [-0.4, -0.2) is 13.7 Å². The van der Waals surface area contributed by atoms with Gasteiger partial charge in [0.05, 0.1) is 51.8 Å². The Labute approximate surface area is 236 Å². The molecule has 5 aromatic carbocycles. The smallest absolute Gasteiger partial charge is 0.135 e. The Morgan fingerprint density at radius 1 is 0.610 bits per heavy atom. The summed E-state index contributed by atoms with van der Waals surface area (Å²) in [5.41, 5.74) is 6.22. The Kier molecular flexibility index (Phi) is 5.71. The highest BCUT2D eigenvalue weighted by Gasteiger charge is 2.18. The minimum absolute atomic E-state index is 0.0752. The van der Waals surface area contributed by atoms with E-state index in [4.69, 9.17) is 10.2 Å². The zero-order chi connectivity index (χ0) is 28.1. The number of aromatic nitrogens is 3. The van der Waals surface area contributed by atoms with Crippen LogP contribution < -0.4 is 0 Å². The molecule has 8 heteroatoms. The fourth-order valence-corrected chi connectivity index (χ4v) is 5.76. The van der Waals surface area contributed by atoms with Gasteiger partial charge >= 0.3 is 0 Å². The number of pyridine rings is 1. The summed E-state index contributed by atoms with van der Waals surface area (Å²) >= 11 is 1.14. The highest BCUT2D eigenvalue weighted by molar-refractivity contribution is 7.00. The number of hydrogen-bond acceptors (Lipinski definition) is 6. The quantitative estimate of drug-likeness (QED) is 0.206. The molecule has 7 rings (SSSR count). The average Bonchev–Trinajstić information content (AvgIpc) is 3.49. The summed E-state index contributed by atoms with van der Waals surface area (Å²) in [5, 5.41) is 21.1. The minimum Gasteiger partial charge on any atom is -0.247 e. The van der Waals surface area contributed by atoms with Crippen LogP contribution in [0, 0.1) is 34.3 Å². The first-order chi connectivity index (χ1) is 20.0. The van der Waals surface area contributed by atoms with E-state index in [0.29, 0.717) is 16.8 Å². The van der Waals surface area contributed by atoms with Crippen LogP contribution in [0.5, 0.6) is 0 Å². The Bertz CT molecular complexity index is 2240. The molecular formula is C33H15F2N5S. The van der Waals surface area contributed by atoms with Gasteiger partial charge < -0.3 is 0 Å². The van der Waals surface area contributed by atoms with E-state index in [2.05, 4.69) is 14.8 Å². The molecule has 0 saturated heterocycles. The number of nitrogens with zero attached hydrogens (tertiary/aromatic N) is 5. The maximum Gasteiger partial charge on any atom is 0.135 e. The van der Waals surface area contributed by atoms with E-state index in [0.717, 1.165) is 73.3 Å². The van der Waals surface area contributed by atoms with Crippen LogP contribution in [0.4, 0.5) is 8.78 Å². The molecule has 0 N–H and O–H groups in total. The van der Waals surface area contributed by atoms with Gasteiger partial charge in [-0.15, -0.1) is 0 Å². The molecule has 0 fully saturated rings. The molecule has 0 amide bonds. The summed E-state index contributed by atoms with van der Waals surface area (Å²) in [6.07, 6.45) is 0. The summed E-state index contributed by atoms with van der Waals surface area (Å²) in [6, 6.07) is 30.2. The molecule has 0 bridgehead atoms. The fourth-order valence-electron chi connectivity index (χ4n) is 5.21. The minimum atomic E-state index is -0.796. The molecule has 2 heterocycles. The predicted octanol–water partition coefficient (Wildman–Crippen LogP) is 8.42. The number of fused-ring (bicyclic) bond motifs is 5. The van der Waals surface area contributed by atoms with Crippen LogP contribution in [0.15, 0.2) is 91.0 Å². The van der Waals surface area contributed by atoms with Crippen molar-refractivity contribution >= 4 is 44.4 Å². The lowest BCUT2D eigenvalue weighted by Crippen LogP contribution is -1.94. The van der Waals surface area contributed by atoms with Crippen molar-refractivity contribution in [1.29, 1.82) is 10.5 Å². The zero-order valence-electron chi connectivity index (χ0n) is 21.1. The number of benzene rings is 5. The highest BCUT2D eigenvalue weighted by atomic mass is 32.1. The lowest BCUT2D eigenvalue weighted by Gasteiger charge is -2.13. The summed E-state index contributed by atoms with van der Waals surface area (Å²) in [7, 11) is 0. The van der Waals surface area contributed by atoms with Gasteiger partial charge in [0.15, 0.2) is 0 Å². The molecule has 0 radical (unpaired) electrons. The van der Waals surface area contributed by atoms with Gasteiger partial charge in [-0.1, -0.05) is 48.5 Å². The van der Waals surface area contributed by atoms with Crippen molar-refractivity contribution in [3.63, 3.8) is 0 Å². The lowest BCUT2D eigenvalue weighted by molar-refractivity contribution is 0.589. The van der Waals surface area contributed by atoms with Gasteiger partial charge in [-0.05, 0) is 59.2 Å². The summed E-state index contributed by atoms with van der Waals surface area (Å²) in [5.74, 6) is -1.59. The van der Waals surface area contributed by atoms with E-state index in [-0.39, 0.29) is 11.1 Å². The van der Waals surface area contributed by atoms with Crippen LogP contribution >= 0.6 is 11.7 Å². The van der Waals surface area contributed by atoms with Gasteiger partial charge in [-0.25, -0.2) is 13.8 Å². The van der Waals surface area contributed by atoms with Crippen molar-refractivity contribution in [2.24, 2.45) is 0 Å². The Balaban J connectivity index is 1.44. The van der Waals surface area contributed by atoms with E-state index < -0.39 is 11.6 Å². The van der Waals surface area contributed by atoms with E-state index >= 15 is 0 Å². The summed E-state index contributed by atoms with van der Waals surface area (Å²) < 4.78 is 38.4. The van der Waals surface area contributed by atoms with E-state index in [1.54, 1.807) is 36.4 Å². The van der Waals surface area contributed by atoms with Crippen molar-refractivity contribution < 1.29 is 8.78 Å². The topological polar surface area (TPSA) is 86.2 Å². The first-order valence-corrected chi connectivity index (χ1v) is 13.3. The molecule has 0 unspecified atom stereocenters. The largest absolute Gasteiger partial charge is 0.247 e. The zero-order valence-corrected chi connectivity index (χ0v) is 21.9. The van der Waals surface area contributed by atoms with Crippen LogP contribution in [0.25, 0.3) is 66.2 Å². The maximum atomic E-state index is 14.7. The third-order valence-electron chi connectivity index (χ3n) is 7.13. The normalized spacial score (nSPS) is 11.1. The van der Waals surface area contributed by atoms with Crippen molar-refractivity contribution in [2.75, 3.05) is 0 Å². The number of halogens is 2. The Morgan fingerprint density at radius 3 is 2.05 bits per heavy atom. The second kappa shape index (κ2) is 9.56. The van der Waals surface area contributed by atoms with Crippen molar-refractivity contribution in [3.8, 4) is 45.6 Å². The second-order valence-corrected chi connectivity index (χ2v) is 10.0. The molecule has 2 aromatic heterocycles. The molecule has 0 spiro atoms. The van der Waals surface area contributed by atoms with Crippen molar-refractivity contribution in [2.45, 2.75) is 0 Å². The monoisotopic (exact) mass is 551 g/mol. The van der Waals surface area contributed by atoms with Crippen LogP contribution in [0.2, 0.25) is 0 Å². The Hall–Kier alpha value is -5.57. The summed E-state index contributed by atoms with van der Waals surface area (Å²) in [6.45, 7) is 0. The molecule has 0 aliphatic heterocycles. The predicted molar refractivity (Wildman–Crippen MR) is 156 cm³/mol. The van der Waals surface area contributed by atoms with Gasteiger partial charge in [0.25, 0.3) is 0 Å². The first kappa shape index (κ1) is 24.5.